The van der Waals surface area contributed by atoms with Crippen LogP contribution in [0.2, 0.25) is 0 Å². The lowest BCUT2D eigenvalue weighted by atomic mass is 10.4. The van der Waals surface area contributed by atoms with Crippen molar-refractivity contribution in [3.05, 3.63) is 37.5 Å². The molecule has 0 aliphatic rings. The minimum absolute atomic E-state index is 0.148. The zero-order valence-electron chi connectivity index (χ0n) is 14.9. The van der Waals surface area contributed by atoms with Gasteiger partial charge in [0.15, 0.2) is 24.8 Å². The molecule has 2 unspecified atom stereocenters. The van der Waals surface area contributed by atoms with Crippen molar-refractivity contribution in [2.24, 2.45) is 0 Å². The van der Waals surface area contributed by atoms with E-state index in [-0.39, 0.29) is 6.16 Å². The molecular weight excluding hydrogens is 411 g/mol. The predicted octanol–water partition coefficient (Wildman–Crippen LogP) is 3.95. The van der Waals surface area contributed by atoms with Crippen LogP contribution >= 0.6 is 23.7 Å². The van der Waals surface area contributed by atoms with Crippen molar-refractivity contribution in [2.45, 2.75) is 6.54 Å². The summed E-state index contributed by atoms with van der Waals surface area (Å²) in [5, 5.41) is 3.09. The van der Waals surface area contributed by atoms with E-state index in [1.165, 1.54) is 19.7 Å². The number of hydrogen-bond acceptors (Lipinski definition) is 9. The highest BCUT2D eigenvalue weighted by molar-refractivity contribution is 7.66. The lowest BCUT2D eigenvalue weighted by Gasteiger charge is -2.03. The molecule has 1 N–H and O–H groups in total. The van der Waals surface area contributed by atoms with E-state index in [2.05, 4.69) is 26.8 Å². The Bertz CT molecular complexity index is 909. The molecule has 0 saturated heterocycles. The van der Waals surface area contributed by atoms with Crippen LogP contribution < -0.4 is 5.32 Å². The quantitative estimate of drug-likeness (QED) is 0.416. The van der Waals surface area contributed by atoms with E-state index in [1.807, 2.05) is 0 Å². The summed E-state index contributed by atoms with van der Waals surface area (Å²) >= 11 is 0. The summed E-state index contributed by atoms with van der Waals surface area (Å²) in [6.45, 7) is 7.10. The van der Waals surface area contributed by atoms with Crippen molar-refractivity contribution < 1.29 is 22.3 Å². The standard InChI is InChI=1S/C14H20N5O5P3/c1-4-7-15-13-12-14(17-10-16-13)19(11-18-12)8-5-6-9-27(22,23-25(2)20)24-26(3)21/h4-6,10-11H,1,7-9H2,2-3H3,(H,15,16,17)/q+2/b6-5+. The van der Waals surface area contributed by atoms with Crippen molar-refractivity contribution in [1.29, 1.82) is 0 Å². The smallest absolute Gasteiger partial charge is 0.365 e. The monoisotopic (exact) mass is 431 g/mol. The average Bonchev–Trinajstić information content (AvgIpc) is 2.99. The highest BCUT2D eigenvalue weighted by Gasteiger charge is 2.39. The normalized spacial score (nSPS) is 14.9. The van der Waals surface area contributed by atoms with Crippen LogP contribution in [0.5, 0.6) is 0 Å². The van der Waals surface area contributed by atoms with Gasteiger partial charge >= 0.3 is 23.7 Å². The third-order valence-corrected chi connectivity index (χ3v) is 7.58. The topological polar surface area (TPSA) is 125 Å². The molecule has 2 rings (SSSR count). The van der Waals surface area contributed by atoms with Crippen LogP contribution in [0.25, 0.3) is 11.2 Å². The van der Waals surface area contributed by atoms with Gasteiger partial charge in [0.25, 0.3) is 0 Å². The van der Waals surface area contributed by atoms with E-state index >= 15 is 0 Å². The predicted molar refractivity (Wildman–Crippen MR) is 105 cm³/mol. The molecule has 0 amide bonds. The van der Waals surface area contributed by atoms with Crippen LogP contribution in [-0.2, 0) is 28.9 Å². The van der Waals surface area contributed by atoms with Crippen molar-refractivity contribution in [1.82, 2.24) is 19.5 Å². The Balaban J connectivity index is 2.09. The second kappa shape index (κ2) is 9.93. The molecular formula is C14H20N5O5P3+2. The van der Waals surface area contributed by atoms with Crippen molar-refractivity contribution >= 4 is 40.6 Å². The van der Waals surface area contributed by atoms with Crippen molar-refractivity contribution in [3.8, 4) is 0 Å². The molecule has 0 saturated carbocycles. The SMILES string of the molecule is C=CCNc1ncnc2c1ncn2C/C=C/CP(=O)(O[P+](C)=O)O[P+](C)=O. The van der Waals surface area contributed by atoms with E-state index in [1.54, 1.807) is 29.1 Å². The molecule has 144 valence electrons. The minimum Gasteiger partial charge on any atom is -0.365 e. The molecule has 0 aliphatic heterocycles. The molecule has 0 radical (unpaired) electrons. The first-order valence-electron chi connectivity index (χ1n) is 7.80. The van der Waals surface area contributed by atoms with Gasteiger partial charge in [-0.25, -0.2) is 15.0 Å². The van der Waals surface area contributed by atoms with Gasteiger partial charge in [0.2, 0.25) is 0 Å². The summed E-state index contributed by atoms with van der Waals surface area (Å²) in [6.07, 6.45) is 7.88. The number of anilines is 1. The Labute approximate surface area is 158 Å². The maximum Gasteiger partial charge on any atom is 0.513 e. The summed E-state index contributed by atoms with van der Waals surface area (Å²) in [6, 6.07) is 0. The van der Waals surface area contributed by atoms with Gasteiger partial charge in [0.05, 0.1) is 12.5 Å². The lowest BCUT2D eigenvalue weighted by Crippen LogP contribution is -2.02. The largest absolute Gasteiger partial charge is 0.513 e. The first-order chi connectivity index (χ1) is 12.8. The van der Waals surface area contributed by atoms with E-state index in [0.29, 0.717) is 30.1 Å². The van der Waals surface area contributed by atoms with Crippen molar-refractivity contribution in [3.63, 3.8) is 0 Å². The molecule has 10 nitrogen and oxygen atoms in total. The summed E-state index contributed by atoms with van der Waals surface area (Å²) in [5.74, 6) is 0.604. The van der Waals surface area contributed by atoms with Gasteiger partial charge in [-0.1, -0.05) is 26.8 Å². The number of fused-ring (bicyclic) bond motifs is 1. The highest BCUT2D eigenvalue weighted by atomic mass is 31.3. The number of imidazole rings is 1. The number of hydrogen-bond donors (Lipinski definition) is 1. The molecule has 27 heavy (non-hydrogen) atoms. The first kappa shape index (κ1) is 21.5. The van der Waals surface area contributed by atoms with E-state index in [4.69, 9.17) is 8.62 Å². The Morgan fingerprint density at radius 2 is 1.93 bits per heavy atom. The molecule has 0 aromatic carbocycles. The molecule has 2 atom stereocenters. The van der Waals surface area contributed by atoms with Crippen molar-refractivity contribution in [2.75, 3.05) is 31.4 Å². The summed E-state index contributed by atoms with van der Waals surface area (Å²) < 4.78 is 46.4. The van der Waals surface area contributed by atoms with E-state index < -0.39 is 23.7 Å². The third kappa shape index (κ3) is 6.38. The summed E-state index contributed by atoms with van der Waals surface area (Å²) in [7, 11) is -8.04. The van der Waals surface area contributed by atoms with Gasteiger partial charge in [-0.05, 0) is 9.13 Å². The van der Waals surface area contributed by atoms with Crippen LogP contribution in [0, 0.1) is 0 Å². The fourth-order valence-electron chi connectivity index (χ4n) is 2.14. The van der Waals surface area contributed by atoms with Gasteiger partial charge in [-0.15, -0.1) is 6.58 Å². The molecule has 0 spiro atoms. The molecule has 0 fully saturated rings. The fourth-order valence-corrected chi connectivity index (χ4v) is 6.27. The van der Waals surface area contributed by atoms with Crippen LogP contribution in [0.15, 0.2) is 37.5 Å². The molecule has 13 heteroatoms. The molecule has 0 aliphatic carbocycles. The Morgan fingerprint density at radius 3 is 2.56 bits per heavy atom. The average molecular weight is 431 g/mol. The number of nitrogens with one attached hydrogen (secondary N) is 1. The van der Waals surface area contributed by atoms with Gasteiger partial charge in [-0.3, -0.25) is 4.57 Å². The summed E-state index contributed by atoms with van der Waals surface area (Å²) in [4.78, 5) is 12.7. The van der Waals surface area contributed by atoms with Crippen LogP contribution in [0.3, 0.4) is 0 Å². The van der Waals surface area contributed by atoms with E-state index in [9.17, 15) is 13.7 Å². The van der Waals surface area contributed by atoms with Crippen LogP contribution in [0.4, 0.5) is 5.82 Å². The number of aromatic nitrogens is 4. The fraction of sp³-hybridized carbons (Fsp3) is 0.357. The van der Waals surface area contributed by atoms with Gasteiger partial charge in [0, 0.05) is 13.1 Å². The molecule has 2 heterocycles. The van der Waals surface area contributed by atoms with Gasteiger partial charge in [0.1, 0.15) is 11.8 Å². The second-order valence-corrected chi connectivity index (χ2v) is 9.92. The maximum absolute atomic E-state index is 12.4. The van der Waals surface area contributed by atoms with Gasteiger partial charge < -0.3 is 9.88 Å². The second-order valence-electron chi connectivity index (χ2n) is 5.27. The highest BCUT2D eigenvalue weighted by Crippen LogP contribution is 2.59. The minimum atomic E-state index is -3.73. The summed E-state index contributed by atoms with van der Waals surface area (Å²) in [5.41, 5.74) is 1.25. The Hall–Kier alpha value is -1.82. The van der Waals surface area contributed by atoms with Crippen LogP contribution in [-0.4, -0.2) is 45.6 Å². The van der Waals surface area contributed by atoms with Crippen LogP contribution in [0.1, 0.15) is 0 Å². The number of rotatable bonds is 11. The number of nitrogens with zero attached hydrogens (tertiary/aromatic N) is 4. The Kier molecular flexibility index (Phi) is 7.90. The number of allylic oxidation sites excluding steroid dienone is 2. The molecule has 0 bridgehead atoms. The zero-order valence-corrected chi connectivity index (χ0v) is 17.6. The first-order valence-corrected chi connectivity index (χ1v) is 12.8. The zero-order chi connectivity index (χ0) is 19.9. The third-order valence-electron chi connectivity index (χ3n) is 3.09. The molecule has 2 aromatic rings. The van der Waals surface area contributed by atoms with E-state index in [0.717, 1.165) is 0 Å². The Morgan fingerprint density at radius 1 is 1.22 bits per heavy atom. The molecule has 2 aromatic heterocycles. The maximum atomic E-state index is 12.4. The lowest BCUT2D eigenvalue weighted by molar-refractivity contribution is 0.397. The van der Waals surface area contributed by atoms with Gasteiger partial charge in [-0.2, -0.15) is 0 Å².